The number of aliphatic carboxylic acids is 1. The molecule has 0 aromatic rings. The Morgan fingerprint density at radius 1 is 1.15 bits per heavy atom. The molecule has 6 nitrogen and oxygen atoms in total. The van der Waals surface area contributed by atoms with Gasteiger partial charge in [-0.25, -0.2) is 4.79 Å². The predicted octanol–water partition coefficient (Wildman–Crippen LogP) is 1.15. The highest BCUT2D eigenvalue weighted by Gasteiger charge is 2.37. The number of carboxylic acids is 1. The van der Waals surface area contributed by atoms with Crippen molar-refractivity contribution in [2.75, 3.05) is 26.2 Å². The summed E-state index contributed by atoms with van der Waals surface area (Å²) in [5, 5.41) is 17.5. The van der Waals surface area contributed by atoms with E-state index in [1.807, 2.05) is 0 Å². The van der Waals surface area contributed by atoms with E-state index < -0.39 is 50.0 Å². The molecule has 0 saturated carbocycles. The minimum Gasteiger partial charge on any atom is -0.480 e. The van der Waals surface area contributed by atoms with Crippen LogP contribution in [0.1, 0.15) is 20.8 Å². The van der Waals surface area contributed by atoms with Gasteiger partial charge in [-0.1, -0.05) is 0 Å². The molecule has 2 amide bonds. The third-order valence-corrected chi connectivity index (χ3v) is 2.34. The number of halogens is 3. The summed E-state index contributed by atoms with van der Waals surface area (Å²) in [6, 6.07) is -1.08. The zero-order valence-electron chi connectivity index (χ0n) is 11.6. The number of hydrogen-bond acceptors (Lipinski definition) is 3. The monoisotopic (exact) mass is 300 g/mol. The average Bonchev–Trinajstić information content (AvgIpc) is 2.20. The van der Waals surface area contributed by atoms with E-state index in [1.54, 1.807) is 0 Å². The van der Waals surface area contributed by atoms with Crippen molar-refractivity contribution in [3.8, 4) is 0 Å². The first kappa shape index (κ1) is 18.5. The van der Waals surface area contributed by atoms with Gasteiger partial charge in [0.15, 0.2) is 0 Å². The maximum atomic E-state index is 12.4. The normalized spacial score (nSPS) is 12.2. The van der Waals surface area contributed by atoms with Gasteiger partial charge in [0.05, 0.1) is 6.61 Å². The first-order valence-electron chi connectivity index (χ1n) is 5.84. The van der Waals surface area contributed by atoms with Crippen LogP contribution in [0.2, 0.25) is 0 Å². The van der Waals surface area contributed by atoms with E-state index in [0.717, 1.165) is 4.90 Å². The summed E-state index contributed by atoms with van der Waals surface area (Å²) in [6.45, 7) is 1.10. The number of nitrogens with zero attached hydrogens (tertiary/aromatic N) is 2. The van der Waals surface area contributed by atoms with E-state index in [-0.39, 0.29) is 0 Å². The molecular weight excluding hydrogens is 281 g/mol. The van der Waals surface area contributed by atoms with Crippen LogP contribution in [-0.4, -0.2) is 70.0 Å². The van der Waals surface area contributed by atoms with Crippen LogP contribution in [0, 0.1) is 0 Å². The Morgan fingerprint density at radius 3 is 1.95 bits per heavy atom. The second-order valence-corrected chi connectivity index (χ2v) is 5.19. The Hall–Kier alpha value is -1.51. The highest BCUT2D eigenvalue weighted by molar-refractivity contribution is 5.81. The fourth-order valence-electron chi connectivity index (χ4n) is 1.48. The molecule has 9 heteroatoms. The molecular formula is C11H19F3N2O4. The number of urea groups is 1. The predicted molar refractivity (Wildman–Crippen MR) is 64.2 cm³/mol. The maximum absolute atomic E-state index is 12.4. The summed E-state index contributed by atoms with van der Waals surface area (Å²) in [6.07, 6.45) is -4.63. The number of hydrogen-bond donors (Lipinski definition) is 2. The molecule has 2 N–H and O–H groups in total. The van der Waals surface area contributed by atoms with Crippen molar-refractivity contribution in [1.29, 1.82) is 0 Å². The van der Waals surface area contributed by atoms with E-state index in [4.69, 9.17) is 10.2 Å². The third kappa shape index (κ3) is 6.60. The van der Waals surface area contributed by atoms with E-state index in [1.165, 1.54) is 20.8 Å². The number of carbonyl (C=O) groups is 2. The van der Waals surface area contributed by atoms with Crippen LogP contribution >= 0.6 is 0 Å². The number of carbonyl (C=O) groups excluding carboxylic acids is 1. The minimum absolute atomic E-state index is 0.383. The molecule has 0 radical (unpaired) electrons. The van der Waals surface area contributed by atoms with Gasteiger partial charge in [-0.05, 0) is 20.8 Å². The first-order chi connectivity index (χ1) is 8.88. The van der Waals surface area contributed by atoms with Crippen LogP contribution in [0.4, 0.5) is 18.0 Å². The molecule has 0 aromatic carbocycles. The van der Waals surface area contributed by atoms with Gasteiger partial charge in [0.1, 0.15) is 13.1 Å². The quantitative estimate of drug-likeness (QED) is 0.798. The van der Waals surface area contributed by atoms with E-state index >= 15 is 0 Å². The lowest BCUT2D eigenvalue weighted by Gasteiger charge is -2.38. The molecule has 20 heavy (non-hydrogen) atoms. The molecule has 0 aliphatic heterocycles. The Kier molecular flexibility index (Phi) is 6.27. The number of amides is 2. The Labute approximate surface area is 114 Å². The lowest BCUT2D eigenvalue weighted by Crippen LogP contribution is -2.55. The van der Waals surface area contributed by atoms with Crippen LogP contribution < -0.4 is 0 Å². The van der Waals surface area contributed by atoms with E-state index in [2.05, 4.69) is 0 Å². The molecule has 0 aliphatic carbocycles. The standard InChI is InChI=1S/C11H19F3N2O4/c1-10(2,3)16(6-8(18)19)9(20)15(4-5-17)7-11(12,13)14/h17H,4-7H2,1-3H3,(H,18,19). The third-order valence-electron chi connectivity index (χ3n) is 2.34. The molecule has 0 saturated heterocycles. The highest BCUT2D eigenvalue weighted by atomic mass is 19.4. The fourth-order valence-corrected chi connectivity index (χ4v) is 1.48. The maximum Gasteiger partial charge on any atom is 0.406 e. The minimum atomic E-state index is -4.63. The first-order valence-corrected chi connectivity index (χ1v) is 5.84. The van der Waals surface area contributed by atoms with Crippen molar-refractivity contribution >= 4 is 12.0 Å². The SMILES string of the molecule is CC(C)(C)N(CC(=O)O)C(=O)N(CCO)CC(F)(F)F. The summed E-state index contributed by atoms with van der Waals surface area (Å²) < 4.78 is 37.2. The molecule has 0 atom stereocenters. The second-order valence-electron chi connectivity index (χ2n) is 5.19. The van der Waals surface area contributed by atoms with Gasteiger partial charge in [-0.2, -0.15) is 13.2 Å². The van der Waals surface area contributed by atoms with Crippen molar-refractivity contribution in [2.24, 2.45) is 0 Å². The molecule has 0 aliphatic rings. The Bertz CT molecular complexity index is 353. The smallest absolute Gasteiger partial charge is 0.406 e. The van der Waals surface area contributed by atoms with E-state index in [9.17, 15) is 22.8 Å². The number of alkyl halides is 3. The van der Waals surface area contributed by atoms with Crippen LogP contribution in [0.3, 0.4) is 0 Å². The number of carboxylic acid groups (broad SMARTS) is 1. The molecule has 118 valence electrons. The number of rotatable bonds is 5. The summed E-state index contributed by atoms with van der Waals surface area (Å²) in [7, 11) is 0. The van der Waals surface area contributed by atoms with Gasteiger partial charge in [0.2, 0.25) is 0 Å². The van der Waals surface area contributed by atoms with Gasteiger partial charge < -0.3 is 20.0 Å². The van der Waals surface area contributed by atoms with Crippen molar-refractivity contribution in [3.63, 3.8) is 0 Å². The topological polar surface area (TPSA) is 81.1 Å². The highest BCUT2D eigenvalue weighted by Crippen LogP contribution is 2.20. The number of aliphatic hydroxyl groups is 1. The lowest BCUT2D eigenvalue weighted by molar-refractivity contribution is -0.144. The molecule has 0 fully saturated rings. The number of aliphatic hydroxyl groups excluding tert-OH is 1. The molecule has 0 aromatic heterocycles. The van der Waals surface area contributed by atoms with Crippen molar-refractivity contribution < 1.29 is 33.0 Å². The molecule has 0 rings (SSSR count). The average molecular weight is 300 g/mol. The van der Waals surface area contributed by atoms with Crippen LogP contribution in [0.15, 0.2) is 0 Å². The van der Waals surface area contributed by atoms with Gasteiger partial charge in [-0.15, -0.1) is 0 Å². The summed E-state index contributed by atoms with van der Waals surface area (Å²) in [5.41, 5.74) is -0.964. The van der Waals surface area contributed by atoms with Crippen molar-refractivity contribution in [1.82, 2.24) is 9.80 Å². The molecule has 0 spiro atoms. The molecule has 0 bridgehead atoms. The van der Waals surface area contributed by atoms with Crippen molar-refractivity contribution in [2.45, 2.75) is 32.5 Å². The van der Waals surface area contributed by atoms with Crippen molar-refractivity contribution in [3.05, 3.63) is 0 Å². The van der Waals surface area contributed by atoms with Crippen LogP contribution in [0.25, 0.3) is 0 Å². The van der Waals surface area contributed by atoms with Gasteiger partial charge >= 0.3 is 18.2 Å². The van der Waals surface area contributed by atoms with Crippen LogP contribution in [0.5, 0.6) is 0 Å². The van der Waals surface area contributed by atoms with Crippen LogP contribution in [-0.2, 0) is 4.79 Å². The van der Waals surface area contributed by atoms with Gasteiger partial charge in [0.25, 0.3) is 0 Å². The Balaban J connectivity index is 5.20. The summed E-state index contributed by atoms with van der Waals surface area (Å²) in [4.78, 5) is 24.0. The zero-order valence-corrected chi connectivity index (χ0v) is 11.6. The Morgan fingerprint density at radius 2 is 1.65 bits per heavy atom. The largest absolute Gasteiger partial charge is 0.480 e. The summed E-state index contributed by atoms with van der Waals surface area (Å²) in [5.74, 6) is -1.33. The molecule has 0 heterocycles. The fraction of sp³-hybridized carbons (Fsp3) is 0.818. The second kappa shape index (κ2) is 6.78. The lowest BCUT2D eigenvalue weighted by atomic mass is 10.1. The molecule has 0 unspecified atom stereocenters. The summed E-state index contributed by atoms with van der Waals surface area (Å²) >= 11 is 0. The van der Waals surface area contributed by atoms with E-state index in [0.29, 0.717) is 4.90 Å². The van der Waals surface area contributed by atoms with Gasteiger partial charge in [-0.3, -0.25) is 4.79 Å². The van der Waals surface area contributed by atoms with Gasteiger partial charge in [0, 0.05) is 12.1 Å². The zero-order chi connectivity index (χ0) is 16.1.